The Bertz CT molecular complexity index is 128. The lowest BCUT2D eigenvalue weighted by atomic mass is 9.78. The Morgan fingerprint density at radius 2 is 1.64 bits per heavy atom. The van der Waals surface area contributed by atoms with Crippen LogP contribution in [0.4, 0.5) is 0 Å². The fourth-order valence-electron chi connectivity index (χ4n) is 2.83. The van der Waals surface area contributed by atoms with Crippen LogP contribution in [0.2, 0.25) is 0 Å². The van der Waals surface area contributed by atoms with Crippen molar-refractivity contribution in [3.05, 3.63) is 0 Å². The zero-order valence-electron chi connectivity index (χ0n) is 10.2. The van der Waals surface area contributed by atoms with Gasteiger partial charge in [-0.3, -0.25) is 0 Å². The van der Waals surface area contributed by atoms with Gasteiger partial charge in [0.15, 0.2) is 0 Å². The highest BCUT2D eigenvalue weighted by atomic mass is 14.3. The molecule has 0 aromatic carbocycles. The van der Waals surface area contributed by atoms with Gasteiger partial charge in [-0.05, 0) is 11.8 Å². The molecule has 0 saturated heterocycles. The lowest BCUT2D eigenvalue weighted by Gasteiger charge is -2.28. The summed E-state index contributed by atoms with van der Waals surface area (Å²) in [5, 5.41) is 0. The molecule has 84 valence electrons. The van der Waals surface area contributed by atoms with Crippen LogP contribution in [0.15, 0.2) is 0 Å². The molecule has 0 heterocycles. The largest absolute Gasteiger partial charge is 0.0654 e. The molecule has 1 aliphatic carbocycles. The van der Waals surface area contributed by atoms with Gasteiger partial charge in [0.2, 0.25) is 0 Å². The summed E-state index contributed by atoms with van der Waals surface area (Å²) >= 11 is 0. The first-order valence-electron chi connectivity index (χ1n) is 6.84. The van der Waals surface area contributed by atoms with Crippen molar-refractivity contribution in [2.45, 2.75) is 78.1 Å². The van der Waals surface area contributed by atoms with Gasteiger partial charge in [0.1, 0.15) is 0 Å². The predicted molar refractivity (Wildman–Crippen MR) is 64.5 cm³/mol. The zero-order valence-corrected chi connectivity index (χ0v) is 10.2. The molecule has 0 radical (unpaired) electrons. The Balaban J connectivity index is 1.99. The summed E-state index contributed by atoms with van der Waals surface area (Å²) in [6, 6.07) is 0. The average molecular weight is 196 g/mol. The normalized spacial score (nSPS) is 27.9. The van der Waals surface area contributed by atoms with E-state index in [1.54, 1.807) is 0 Å². The molecule has 1 saturated carbocycles. The summed E-state index contributed by atoms with van der Waals surface area (Å²) in [6.45, 7) is 4.76. The molecule has 0 heteroatoms. The third kappa shape index (κ3) is 4.48. The molecule has 0 spiro atoms. The topological polar surface area (TPSA) is 0 Å². The highest BCUT2D eigenvalue weighted by molar-refractivity contribution is 4.72. The predicted octanol–water partition coefficient (Wildman–Crippen LogP) is 5.17. The Morgan fingerprint density at radius 3 is 2.36 bits per heavy atom. The van der Waals surface area contributed by atoms with Crippen LogP contribution in [0.5, 0.6) is 0 Å². The minimum atomic E-state index is 1.02. The van der Waals surface area contributed by atoms with Gasteiger partial charge < -0.3 is 0 Å². The molecule has 0 amide bonds. The van der Waals surface area contributed by atoms with Crippen LogP contribution in [0.1, 0.15) is 78.1 Å². The van der Waals surface area contributed by atoms with Gasteiger partial charge in [0.05, 0.1) is 0 Å². The Morgan fingerprint density at radius 1 is 0.929 bits per heavy atom. The summed E-state index contributed by atoms with van der Waals surface area (Å²) in [4.78, 5) is 0. The molecule has 0 aromatic heterocycles. The van der Waals surface area contributed by atoms with Gasteiger partial charge >= 0.3 is 0 Å². The second kappa shape index (κ2) is 7.31. The van der Waals surface area contributed by atoms with E-state index in [0.717, 1.165) is 11.8 Å². The van der Waals surface area contributed by atoms with Crippen molar-refractivity contribution < 1.29 is 0 Å². The average Bonchev–Trinajstić information content (AvgIpc) is 2.20. The van der Waals surface area contributed by atoms with E-state index in [1.807, 2.05) is 0 Å². The summed E-state index contributed by atoms with van der Waals surface area (Å²) in [6.07, 6.45) is 14.8. The Hall–Kier alpha value is 0. The van der Waals surface area contributed by atoms with Crippen molar-refractivity contribution in [3.8, 4) is 0 Å². The SMILES string of the molecule is CCCCCCC[C@H]1CCCC[C@H]1C. The first kappa shape index (κ1) is 12.1. The van der Waals surface area contributed by atoms with Crippen molar-refractivity contribution in [1.82, 2.24) is 0 Å². The van der Waals surface area contributed by atoms with E-state index in [4.69, 9.17) is 0 Å². The maximum Gasteiger partial charge on any atom is -0.0388 e. The van der Waals surface area contributed by atoms with Crippen LogP contribution in [0.25, 0.3) is 0 Å². The number of rotatable bonds is 6. The fraction of sp³-hybridized carbons (Fsp3) is 1.00. The van der Waals surface area contributed by atoms with Gasteiger partial charge in [0.25, 0.3) is 0 Å². The van der Waals surface area contributed by atoms with Crippen LogP contribution < -0.4 is 0 Å². The molecule has 1 aliphatic rings. The summed E-state index contributed by atoms with van der Waals surface area (Å²) < 4.78 is 0. The quantitative estimate of drug-likeness (QED) is 0.514. The standard InChI is InChI=1S/C14H28/c1-3-4-5-6-7-11-14-12-9-8-10-13(14)2/h13-14H,3-12H2,1-2H3/t13-,14+/m1/s1. The van der Waals surface area contributed by atoms with Gasteiger partial charge in [-0.1, -0.05) is 78.1 Å². The Labute approximate surface area is 90.5 Å². The molecule has 1 fully saturated rings. The van der Waals surface area contributed by atoms with Gasteiger partial charge in [0, 0.05) is 0 Å². The van der Waals surface area contributed by atoms with Crippen molar-refractivity contribution in [1.29, 1.82) is 0 Å². The van der Waals surface area contributed by atoms with E-state index >= 15 is 0 Å². The Kier molecular flexibility index (Phi) is 6.31. The van der Waals surface area contributed by atoms with E-state index in [2.05, 4.69) is 13.8 Å². The van der Waals surface area contributed by atoms with E-state index in [-0.39, 0.29) is 0 Å². The fourth-order valence-corrected chi connectivity index (χ4v) is 2.83. The summed E-state index contributed by atoms with van der Waals surface area (Å²) in [5.74, 6) is 2.10. The number of hydrogen-bond acceptors (Lipinski definition) is 0. The monoisotopic (exact) mass is 196 g/mol. The smallest absolute Gasteiger partial charge is 0.0388 e. The molecular formula is C14H28. The molecule has 0 nitrogen and oxygen atoms in total. The first-order chi connectivity index (χ1) is 6.84. The van der Waals surface area contributed by atoms with Crippen LogP contribution in [0.3, 0.4) is 0 Å². The number of hydrogen-bond donors (Lipinski definition) is 0. The molecule has 1 rings (SSSR count). The van der Waals surface area contributed by atoms with Crippen LogP contribution in [-0.4, -0.2) is 0 Å². The van der Waals surface area contributed by atoms with E-state index in [1.165, 1.54) is 64.2 Å². The minimum Gasteiger partial charge on any atom is -0.0654 e. The lowest BCUT2D eigenvalue weighted by Crippen LogP contribution is -2.16. The van der Waals surface area contributed by atoms with Gasteiger partial charge in [-0.25, -0.2) is 0 Å². The molecule has 0 aromatic rings. The highest BCUT2D eigenvalue weighted by Crippen LogP contribution is 2.33. The van der Waals surface area contributed by atoms with Gasteiger partial charge in [-0.2, -0.15) is 0 Å². The van der Waals surface area contributed by atoms with Crippen LogP contribution >= 0.6 is 0 Å². The lowest BCUT2D eigenvalue weighted by molar-refractivity contribution is 0.236. The zero-order chi connectivity index (χ0) is 10.2. The van der Waals surface area contributed by atoms with E-state index < -0.39 is 0 Å². The van der Waals surface area contributed by atoms with Crippen molar-refractivity contribution in [2.75, 3.05) is 0 Å². The maximum absolute atomic E-state index is 2.47. The summed E-state index contributed by atoms with van der Waals surface area (Å²) in [7, 11) is 0. The molecule has 0 unspecified atom stereocenters. The number of unbranched alkanes of at least 4 members (excludes halogenated alkanes) is 4. The second-order valence-electron chi connectivity index (χ2n) is 5.22. The van der Waals surface area contributed by atoms with Crippen molar-refractivity contribution in [2.24, 2.45) is 11.8 Å². The van der Waals surface area contributed by atoms with E-state index in [9.17, 15) is 0 Å². The third-order valence-electron chi connectivity index (χ3n) is 3.97. The molecule has 14 heavy (non-hydrogen) atoms. The second-order valence-corrected chi connectivity index (χ2v) is 5.22. The molecule has 0 aliphatic heterocycles. The third-order valence-corrected chi connectivity index (χ3v) is 3.97. The van der Waals surface area contributed by atoms with Crippen molar-refractivity contribution in [3.63, 3.8) is 0 Å². The summed E-state index contributed by atoms with van der Waals surface area (Å²) in [5.41, 5.74) is 0. The molecule has 0 bridgehead atoms. The molecule has 0 N–H and O–H groups in total. The first-order valence-corrected chi connectivity index (χ1v) is 6.84. The van der Waals surface area contributed by atoms with Crippen LogP contribution in [-0.2, 0) is 0 Å². The minimum absolute atomic E-state index is 1.02. The highest BCUT2D eigenvalue weighted by Gasteiger charge is 2.20. The maximum atomic E-state index is 2.47. The molecular weight excluding hydrogens is 168 g/mol. The van der Waals surface area contributed by atoms with E-state index in [0.29, 0.717) is 0 Å². The van der Waals surface area contributed by atoms with Crippen molar-refractivity contribution >= 4 is 0 Å². The van der Waals surface area contributed by atoms with Crippen LogP contribution in [0, 0.1) is 11.8 Å². The van der Waals surface area contributed by atoms with Gasteiger partial charge in [-0.15, -0.1) is 0 Å². The molecule has 2 atom stereocenters.